The van der Waals surface area contributed by atoms with Gasteiger partial charge in [-0.1, -0.05) is 18.2 Å². The number of esters is 1. The molecule has 104 valence electrons. The van der Waals surface area contributed by atoms with Crippen LogP contribution in [-0.2, 0) is 9.53 Å². The van der Waals surface area contributed by atoms with Crippen LogP contribution < -0.4 is 10.5 Å². The predicted octanol–water partition coefficient (Wildman–Crippen LogP) is 1.78. The molecule has 0 bridgehead atoms. The molecule has 1 aromatic rings. The van der Waals surface area contributed by atoms with E-state index in [2.05, 4.69) is 5.32 Å². The molecule has 0 aliphatic carbocycles. The topological polar surface area (TPSA) is 84.9 Å². The number of dihydropyridines is 1. The third-order valence-corrected chi connectivity index (χ3v) is 3.42. The number of nitrogens with zero attached hydrogens (tertiary/aromatic N) is 1. The molecule has 2 aliphatic heterocycles. The molecular formula is C14H13N2O4-. The summed E-state index contributed by atoms with van der Waals surface area (Å²) in [6.45, 7) is 2.14. The van der Waals surface area contributed by atoms with Crippen molar-refractivity contribution in [1.29, 1.82) is 0 Å². The summed E-state index contributed by atoms with van der Waals surface area (Å²) in [4.78, 5) is 11.8. The molecule has 1 atom stereocenters. The van der Waals surface area contributed by atoms with Gasteiger partial charge in [0, 0.05) is 11.6 Å². The Morgan fingerprint density at radius 1 is 1.50 bits per heavy atom. The Morgan fingerprint density at radius 2 is 2.30 bits per heavy atom. The quantitative estimate of drug-likeness (QED) is 0.631. The van der Waals surface area contributed by atoms with Crippen LogP contribution in [0.4, 0.5) is 5.69 Å². The number of allylic oxidation sites excluding steroid dienone is 2. The van der Waals surface area contributed by atoms with Gasteiger partial charge in [0.2, 0.25) is 0 Å². The van der Waals surface area contributed by atoms with Crippen molar-refractivity contribution in [1.82, 2.24) is 5.32 Å². The number of carbonyl (C=O) groups is 1. The van der Waals surface area contributed by atoms with Crippen molar-refractivity contribution in [3.8, 4) is 0 Å². The second-order valence-electron chi connectivity index (χ2n) is 4.79. The van der Waals surface area contributed by atoms with Crippen molar-refractivity contribution in [3.63, 3.8) is 0 Å². The first-order valence-corrected chi connectivity index (χ1v) is 6.18. The van der Waals surface area contributed by atoms with Gasteiger partial charge in [-0.15, -0.1) is 0 Å². The zero-order valence-electron chi connectivity index (χ0n) is 10.8. The highest BCUT2D eigenvalue weighted by molar-refractivity contribution is 5.94. The van der Waals surface area contributed by atoms with Crippen molar-refractivity contribution < 1.29 is 14.7 Å². The first-order chi connectivity index (χ1) is 9.56. The molecule has 0 aromatic heterocycles. The summed E-state index contributed by atoms with van der Waals surface area (Å²) in [6, 6.07) is 6.53. The molecule has 1 aromatic carbocycles. The Balaban J connectivity index is 2.05. The first-order valence-electron chi connectivity index (χ1n) is 6.18. The van der Waals surface area contributed by atoms with Gasteiger partial charge in [-0.25, -0.2) is 4.79 Å². The van der Waals surface area contributed by atoms with Crippen molar-refractivity contribution in [3.05, 3.63) is 58.1 Å². The van der Waals surface area contributed by atoms with Gasteiger partial charge in [-0.2, -0.15) is 0 Å². The Morgan fingerprint density at radius 3 is 3.05 bits per heavy atom. The van der Waals surface area contributed by atoms with E-state index in [4.69, 9.17) is 9.94 Å². The zero-order valence-corrected chi connectivity index (χ0v) is 10.8. The lowest BCUT2D eigenvalue weighted by molar-refractivity contribution is -0.136. The zero-order chi connectivity index (χ0) is 14.3. The molecule has 2 N–H and O–H groups in total. The van der Waals surface area contributed by atoms with Gasteiger partial charge in [-0.3, -0.25) is 5.21 Å². The molecule has 0 amide bonds. The van der Waals surface area contributed by atoms with E-state index in [0.29, 0.717) is 5.57 Å². The fourth-order valence-corrected chi connectivity index (χ4v) is 2.55. The Bertz CT molecular complexity index is 634. The standard InChI is InChI=1S/C14H13N2O4/c1-8-5-11(13-12(15-8)7-20-14(13)17)9-3-2-4-10(6-9)16(18)19/h2-6,11,15,18H,7H2,1H3/q-1/t11-/m0/s1. The SMILES string of the molecule is CC1=C[C@@H](c2cccc(N([O-])O)c2)C2=C(COC2=O)N1. The molecule has 6 heteroatoms. The van der Waals surface area contributed by atoms with E-state index < -0.39 is 0 Å². The van der Waals surface area contributed by atoms with E-state index in [1.807, 2.05) is 19.1 Å². The van der Waals surface area contributed by atoms with Crippen LogP contribution in [0, 0.1) is 5.21 Å². The number of hydrogen-bond acceptors (Lipinski definition) is 6. The minimum absolute atomic E-state index is 0.126. The number of nitrogens with one attached hydrogen (secondary N) is 1. The van der Waals surface area contributed by atoms with Crippen LogP contribution in [0.3, 0.4) is 0 Å². The van der Waals surface area contributed by atoms with Gasteiger partial charge >= 0.3 is 5.97 Å². The van der Waals surface area contributed by atoms with Crippen LogP contribution in [-0.4, -0.2) is 17.8 Å². The number of benzene rings is 1. The summed E-state index contributed by atoms with van der Waals surface area (Å²) in [5.41, 5.74) is 3.11. The van der Waals surface area contributed by atoms with Crippen LogP contribution in [0.1, 0.15) is 18.4 Å². The minimum Gasteiger partial charge on any atom is -0.733 e. The van der Waals surface area contributed by atoms with Crippen molar-refractivity contribution in [2.45, 2.75) is 12.8 Å². The molecule has 3 rings (SSSR count). The second kappa shape index (κ2) is 4.66. The maximum atomic E-state index is 11.8. The predicted molar refractivity (Wildman–Crippen MR) is 71.7 cm³/mol. The van der Waals surface area contributed by atoms with Crippen molar-refractivity contribution in [2.75, 3.05) is 11.8 Å². The Hall–Kier alpha value is -2.31. The van der Waals surface area contributed by atoms with E-state index in [1.165, 1.54) is 6.07 Å². The summed E-state index contributed by atoms with van der Waals surface area (Å²) < 4.78 is 5.05. The largest absolute Gasteiger partial charge is 0.733 e. The molecule has 0 spiro atoms. The number of carbonyl (C=O) groups excluding carboxylic acids is 1. The average molecular weight is 273 g/mol. The highest BCUT2D eigenvalue weighted by Gasteiger charge is 2.34. The van der Waals surface area contributed by atoms with E-state index in [0.717, 1.165) is 17.0 Å². The third kappa shape index (κ3) is 2.04. The second-order valence-corrected chi connectivity index (χ2v) is 4.79. The smallest absolute Gasteiger partial charge is 0.337 e. The maximum Gasteiger partial charge on any atom is 0.337 e. The summed E-state index contributed by atoms with van der Waals surface area (Å²) >= 11 is 0. The van der Waals surface area contributed by atoms with Crippen LogP contribution in [0.5, 0.6) is 0 Å². The average Bonchev–Trinajstić information content (AvgIpc) is 2.79. The van der Waals surface area contributed by atoms with Crippen molar-refractivity contribution in [2.24, 2.45) is 0 Å². The summed E-state index contributed by atoms with van der Waals surface area (Å²) in [5, 5.41) is 22.9. The lowest BCUT2D eigenvalue weighted by Gasteiger charge is -2.25. The van der Waals surface area contributed by atoms with E-state index in [-0.39, 0.29) is 29.4 Å². The van der Waals surface area contributed by atoms with Crippen LogP contribution in [0.15, 0.2) is 47.3 Å². The van der Waals surface area contributed by atoms with Crippen molar-refractivity contribution >= 4 is 11.7 Å². The highest BCUT2D eigenvalue weighted by Crippen LogP contribution is 2.36. The Labute approximate surface area is 115 Å². The van der Waals surface area contributed by atoms with E-state index in [1.54, 1.807) is 12.1 Å². The third-order valence-electron chi connectivity index (χ3n) is 3.42. The number of anilines is 1. The number of ether oxygens (including phenoxy) is 1. The molecule has 20 heavy (non-hydrogen) atoms. The normalized spacial score (nSPS) is 21.1. The number of cyclic esters (lactones) is 1. The lowest BCUT2D eigenvalue weighted by Crippen LogP contribution is -2.21. The molecule has 0 fully saturated rings. The molecule has 0 radical (unpaired) electrons. The fourth-order valence-electron chi connectivity index (χ4n) is 2.55. The first kappa shape index (κ1) is 12.7. The summed E-state index contributed by atoms with van der Waals surface area (Å²) in [6.07, 6.45) is 1.90. The van der Waals surface area contributed by atoms with Gasteiger partial charge in [-0.05, 0) is 24.6 Å². The van der Waals surface area contributed by atoms with E-state index >= 15 is 0 Å². The molecule has 0 saturated carbocycles. The van der Waals surface area contributed by atoms with Gasteiger partial charge in [0.15, 0.2) is 0 Å². The highest BCUT2D eigenvalue weighted by atomic mass is 16.8. The van der Waals surface area contributed by atoms with Crippen LogP contribution in [0.2, 0.25) is 0 Å². The monoisotopic (exact) mass is 273 g/mol. The molecule has 2 heterocycles. The van der Waals surface area contributed by atoms with E-state index in [9.17, 15) is 10.0 Å². The van der Waals surface area contributed by atoms with Gasteiger partial charge in [0.25, 0.3) is 0 Å². The number of rotatable bonds is 2. The summed E-state index contributed by atoms with van der Waals surface area (Å²) in [7, 11) is 0. The van der Waals surface area contributed by atoms with Gasteiger partial charge in [0.05, 0.1) is 17.0 Å². The molecule has 0 saturated heterocycles. The maximum absolute atomic E-state index is 11.8. The lowest BCUT2D eigenvalue weighted by atomic mass is 9.87. The van der Waals surface area contributed by atoms with Gasteiger partial charge < -0.3 is 20.5 Å². The Kier molecular flexibility index (Phi) is 2.96. The molecule has 2 aliphatic rings. The summed E-state index contributed by atoms with van der Waals surface area (Å²) in [5.74, 6) is -0.629. The van der Waals surface area contributed by atoms with Crippen LogP contribution >= 0.6 is 0 Å². The molecule has 6 nitrogen and oxygen atoms in total. The number of hydrogen-bond donors (Lipinski definition) is 2. The molecular weight excluding hydrogens is 260 g/mol. The fraction of sp³-hybridized carbons (Fsp3) is 0.214. The minimum atomic E-state index is -0.352. The van der Waals surface area contributed by atoms with Crippen LogP contribution in [0.25, 0.3) is 0 Å². The molecule has 0 unspecified atom stereocenters. The van der Waals surface area contributed by atoms with Gasteiger partial charge in [0.1, 0.15) is 6.61 Å².